The van der Waals surface area contributed by atoms with Crippen molar-refractivity contribution in [2.45, 2.75) is 4.90 Å². The van der Waals surface area contributed by atoms with Crippen LogP contribution in [0.3, 0.4) is 0 Å². The van der Waals surface area contributed by atoms with Crippen LogP contribution in [-0.4, -0.2) is 18.3 Å². The molecule has 1 N–H and O–H groups in total. The Morgan fingerprint density at radius 2 is 1.86 bits per heavy atom. The lowest BCUT2D eigenvalue weighted by Gasteiger charge is -2.03. The minimum absolute atomic E-state index is 0.0586. The maximum atomic E-state index is 12.1. The Balaban J connectivity index is 1.96. The Bertz CT molecular complexity index is 950. The third kappa shape index (κ3) is 2.61. The third-order valence-corrected chi connectivity index (χ3v) is 4.19. The molecule has 0 spiro atoms. The molecule has 3 aromatic rings. The summed E-state index contributed by atoms with van der Waals surface area (Å²) < 4.78 is 31.7. The molecule has 0 unspecified atom stereocenters. The van der Waals surface area contributed by atoms with E-state index in [0.29, 0.717) is 0 Å². The van der Waals surface area contributed by atoms with Gasteiger partial charge in [-0.05, 0) is 18.2 Å². The van der Waals surface area contributed by atoms with E-state index in [9.17, 15) is 18.5 Å². The molecule has 0 amide bonds. The Kier molecular flexibility index (Phi) is 3.26. The molecule has 0 bridgehead atoms. The second-order valence-electron chi connectivity index (χ2n) is 4.35. The smallest absolute Gasteiger partial charge is 0.309 e. The van der Waals surface area contributed by atoms with Gasteiger partial charge in [0, 0.05) is 12.1 Å². The summed E-state index contributed by atoms with van der Waals surface area (Å²) in [5.74, 6) is 0. The van der Waals surface area contributed by atoms with Gasteiger partial charge in [0.05, 0.1) is 9.82 Å². The van der Waals surface area contributed by atoms with Crippen molar-refractivity contribution in [3.8, 4) is 0 Å². The Labute approximate surface area is 124 Å². The topological polar surface area (TPSA) is 115 Å². The van der Waals surface area contributed by atoms with Crippen molar-refractivity contribution in [1.82, 2.24) is 4.98 Å². The number of nitro benzene ring substituents is 1. The van der Waals surface area contributed by atoms with Crippen LogP contribution in [0.15, 0.2) is 57.8 Å². The lowest BCUT2D eigenvalue weighted by Crippen LogP contribution is -2.12. The van der Waals surface area contributed by atoms with Gasteiger partial charge in [0.2, 0.25) is 0 Å². The molecule has 0 aliphatic heterocycles. The van der Waals surface area contributed by atoms with Crippen LogP contribution in [0.5, 0.6) is 0 Å². The van der Waals surface area contributed by atoms with Crippen molar-refractivity contribution >= 4 is 32.8 Å². The number of aromatic nitrogens is 1. The van der Waals surface area contributed by atoms with Crippen LogP contribution in [0.25, 0.3) is 11.1 Å². The summed E-state index contributed by atoms with van der Waals surface area (Å²) in [6.07, 6.45) is 0. The van der Waals surface area contributed by atoms with Gasteiger partial charge in [0.15, 0.2) is 5.58 Å². The van der Waals surface area contributed by atoms with Gasteiger partial charge in [-0.1, -0.05) is 18.2 Å². The zero-order valence-corrected chi connectivity index (χ0v) is 11.8. The standard InChI is InChI=1S/C13H9N3O5S/c17-16(18)9-6-7-12-11(8-9)14-13(21-12)15-22(19,20)10-4-2-1-3-5-10/h1-8H,(H,14,15). The molecule has 0 saturated heterocycles. The zero-order chi connectivity index (χ0) is 15.7. The Morgan fingerprint density at radius 1 is 1.14 bits per heavy atom. The molecule has 2 aromatic carbocycles. The van der Waals surface area contributed by atoms with Gasteiger partial charge in [-0.25, -0.2) is 13.1 Å². The highest BCUT2D eigenvalue weighted by molar-refractivity contribution is 7.92. The average Bonchev–Trinajstić information content (AvgIpc) is 2.88. The predicted molar refractivity (Wildman–Crippen MR) is 77.9 cm³/mol. The Hall–Kier alpha value is -2.94. The van der Waals surface area contributed by atoms with E-state index in [4.69, 9.17) is 4.42 Å². The highest BCUT2D eigenvalue weighted by atomic mass is 32.2. The van der Waals surface area contributed by atoms with Crippen molar-refractivity contribution in [3.05, 3.63) is 58.6 Å². The van der Waals surface area contributed by atoms with Gasteiger partial charge in [0.25, 0.3) is 15.7 Å². The van der Waals surface area contributed by atoms with Gasteiger partial charge in [0.1, 0.15) is 5.52 Å². The molecule has 0 aliphatic rings. The van der Waals surface area contributed by atoms with Crippen LogP contribution in [0.2, 0.25) is 0 Å². The highest BCUT2D eigenvalue weighted by Crippen LogP contribution is 2.24. The van der Waals surface area contributed by atoms with Crippen LogP contribution in [0, 0.1) is 10.1 Å². The molecule has 22 heavy (non-hydrogen) atoms. The number of rotatable bonds is 4. The van der Waals surface area contributed by atoms with Gasteiger partial charge < -0.3 is 4.42 Å². The molecule has 1 aromatic heterocycles. The van der Waals surface area contributed by atoms with Crippen molar-refractivity contribution in [2.24, 2.45) is 0 Å². The number of hydrogen-bond donors (Lipinski definition) is 1. The van der Waals surface area contributed by atoms with E-state index in [0.717, 1.165) is 0 Å². The number of fused-ring (bicyclic) bond motifs is 1. The van der Waals surface area contributed by atoms with E-state index in [2.05, 4.69) is 9.71 Å². The number of nitro groups is 1. The maximum Gasteiger partial charge on any atom is 0.309 e. The van der Waals surface area contributed by atoms with Gasteiger partial charge >= 0.3 is 6.01 Å². The van der Waals surface area contributed by atoms with Gasteiger partial charge in [-0.2, -0.15) is 4.98 Å². The number of anilines is 1. The van der Waals surface area contributed by atoms with E-state index < -0.39 is 14.9 Å². The molecule has 0 fully saturated rings. The number of nitrogens with zero attached hydrogens (tertiary/aromatic N) is 2. The molecular weight excluding hydrogens is 310 g/mol. The van der Waals surface area contributed by atoms with E-state index in [1.165, 1.54) is 30.3 Å². The second kappa shape index (κ2) is 5.11. The number of sulfonamides is 1. The van der Waals surface area contributed by atoms with E-state index >= 15 is 0 Å². The summed E-state index contributed by atoms with van der Waals surface area (Å²) in [6, 6.07) is 11.3. The first-order valence-electron chi connectivity index (χ1n) is 6.08. The van der Waals surface area contributed by atoms with Gasteiger partial charge in [-0.15, -0.1) is 0 Å². The number of oxazole rings is 1. The fourth-order valence-electron chi connectivity index (χ4n) is 1.85. The molecule has 1 heterocycles. The fraction of sp³-hybridized carbons (Fsp3) is 0. The molecule has 0 radical (unpaired) electrons. The summed E-state index contributed by atoms with van der Waals surface area (Å²) in [7, 11) is -3.83. The lowest BCUT2D eigenvalue weighted by molar-refractivity contribution is -0.384. The van der Waals surface area contributed by atoms with E-state index in [-0.39, 0.29) is 27.7 Å². The maximum absolute atomic E-state index is 12.1. The van der Waals surface area contributed by atoms with Crippen LogP contribution in [0.1, 0.15) is 0 Å². The highest BCUT2D eigenvalue weighted by Gasteiger charge is 2.18. The van der Waals surface area contributed by atoms with Crippen LogP contribution in [0.4, 0.5) is 11.7 Å². The SMILES string of the molecule is O=[N+]([O-])c1ccc2oc(NS(=O)(=O)c3ccccc3)nc2c1. The summed E-state index contributed by atoms with van der Waals surface area (Å²) in [6.45, 7) is 0. The summed E-state index contributed by atoms with van der Waals surface area (Å²) >= 11 is 0. The molecule has 8 nitrogen and oxygen atoms in total. The van der Waals surface area contributed by atoms with Crippen molar-refractivity contribution in [1.29, 1.82) is 0 Å². The predicted octanol–water partition coefficient (Wildman–Crippen LogP) is 2.54. The third-order valence-electron chi connectivity index (χ3n) is 2.86. The van der Waals surface area contributed by atoms with Crippen molar-refractivity contribution < 1.29 is 17.8 Å². The van der Waals surface area contributed by atoms with Gasteiger partial charge in [-0.3, -0.25) is 10.1 Å². The summed E-state index contributed by atoms with van der Waals surface area (Å²) in [5.41, 5.74) is 0.287. The quantitative estimate of drug-likeness (QED) is 0.583. The molecular formula is C13H9N3O5S. The molecule has 3 rings (SSSR count). The zero-order valence-electron chi connectivity index (χ0n) is 11.0. The van der Waals surface area contributed by atoms with Crippen LogP contribution < -0.4 is 4.72 Å². The molecule has 9 heteroatoms. The average molecular weight is 319 g/mol. The molecule has 0 aliphatic carbocycles. The first-order chi connectivity index (χ1) is 10.5. The minimum Gasteiger partial charge on any atom is -0.423 e. The van der Waals surface area contributed by atoms with E-state index in [1.54, 1.807) is 18.2 Å². The largest absolute Gasteiger partial charge is 0.423 e. The lowest BCUT2D eigenvalue weighted by atomic mass is 10.3. The monoisotopic (exact) mass is 319 g/mol. The molecule has 0 atom stereocenters. The minimum atomic E-state index is -3.83. The number of hydrogen-bond acceptors (Lipinski definition) is 6. The van der Waals surface area contributed by atoms with Crippen molar-refractivity contribution in [2.75, 3.05) is 4.72 Å². The molecule has 0 saturated carbocycles. The second-order valence-corrected chi connectivity index (χ2v) is 6.03. The van der Waals surface area contributed by atoms with Crippen LogP contribution in [-0.2, 0) is 10.0 Å². The first kappa shape index (κ1) is 14.0. The molecule has 112 valence electrons. The fourth-order valence-corrected chi connectivity index (χ4v) is 2.80. The normalized spacial score (nSPS) is 11.5. The number of benzene rings is 2. The van der Waals surface area contributed by atoms with Crippen molar-refractivity contribution in [3.63, 3.8) is 0 Å². The van der Waals surface area contributed by atoms with E-state index in [1.807, 2.05) is 0 Å². The summed E-state index contributed by atoms with van der Waals surface area (Å²) in [5, 5.41) is 10.7. The number of non-ortho nitro benzene ring substituents is 1. The first-order valence-corrected chi connectivity index (χ1v) is 7.57. The number of nitrogens with one attached hydrogen (secondary N) is 1. The Morgan fingerprint density at radius 3 is 2.55 bits per heavy atom. The summed E-state index contributed by atoms with van der Waals surface area (Å²) in [4.78, 5) is 14.1. The van der Waals surface area contributed by atoms with Crippen LogP contribution >= 0.6 is 0 Å².